The van der Waals surface area contributed by atoms with Gasteiger partial charge in [0.1, 0.15) is 11.9 Å². The lowest BCUT2D eigenvalue weighted by Crippen LogP contribution is -2.64. The molecule has 4 aliphatic rings. The van der Waals surface area contributed by atoms with Crippen molar-refractivity contribution in [1.82, 2.24) is 4.90 Å². The highest BCUT2D eigenvalue weighted by molar-refractivity contribution is 5.93. The number of fused-ring (bicyclic) bond motifs is 1. The van der Waals surface area contributed by atoms with Crippen LogP contribution in [0.2, 0.25) is 0 Å². The van der Waals surface area contributed by atoms with E-state index in [1.54, 1.807) is 30.3 Å². The number of hydrogen-bond donors (Lipinski definition) is 2. The Bertz CT molecular complexity index is 1510. The molecule has 2 fully saturated rings. The fraction of sp³-hybridized carbons (Fsp3) is 0.455. The van der Waals surface area contributed by atoms with Crippen molar-refractivity contribution in [2.24, 2.45) is 5.41 Å². The first-order valence-electron chi connectivity index (χ1n) is 14.6. The number of phenolic OH excluding ortho intramolecular Hbond substituents is 1. The number of nitrogens with zero attached hydrogens (tertiary/aromatic N) is 1. The summed E-state index contributed by atoms with van der Waals surface area (Å²) in [6.07, 6.45) is 5.49. The van der Waals surface area contributed by atoms with E-state index in [4.69, 9.17) is 23.7 Å². The molecule has 0 radical (unpaired) electrons. The SMILES string of the molecule is COC(=O)C1=C2Nc3cc(O)ccc3C23CCN2CCCC(C(C)OC(=O)C=Cc4cc(OC)c(OC)c(OC)c4)(C1)C23. The number of phenols is 1. The summed E-state index contributed by atoms with van der Waals surface area (Å²) >= 11 is 0. The van der Waals surface area contributed by atoms with E-state index in [2.05, 4.69) is 10.2 Å². The number of carbonyl (C=O) groups is 2. The van der Waals surface area contributed by atoms with Crippen molar-refractivity contribution < 1.29 is 38.4 Å². The lowest BCUT2D eigenvalue weighted by Gasteiger charge is -2.57. The second-order valence-electron chi connectivity index (χ2n) is 11.7. The van der Waals surface area contributed by atoms with Crippen molar-refractivity contribution in [3.63, 3.8) is 0 Å². The second-order valence-corrected chi connectivity index (χ2v) is 11.7. The van der Waals surface area contributed by atoms with Crippen molar-refractivity contribution in [3.05, 3.63) is 58.8 Å². The zero-order valence-electron chi connectivity index (χ0n) is 25.2. The molecule has 0 bridgehead atoms. The fourth-order valence-corrected chi connectivity index (χ4v) is 8.20. The minimum absolute atomic E-state index is 0.00246. The third-order valence-corrected chi connectivity index (χ3v) is 9.89. The summed E-state index contributed by atoms with van der Waals surface area (Å²) in [5, 5.41) is 13.8. The van der Waals surface area contributed by atoms with Crippen molar-refractivity contribution in [2.45, 2.75) is 50.2 Å². The fourth-order valence-electron chi connectivity index (χ4n) is 8.20. The van der Waals surface area contributed by atoms with E-state index in [1.165, 1.54) is 34.5 Å². The Balaban J connectivity index is 1.36. The Morgan fingerprint density at radius 1 is 1.05 bits per heavy atom. The predicted octanol–water partition coefficient (Wildman–Crippen LogP) is 4.41. The first kappa shape index (κ1) is 28.9. The van der Waals surface area contributed by atoms with Gasteiger partial charge in [-0.15, -0.1) is 0 Å². The van der Waals surface area contributed by atoms with Gasteiger partial charge < -0.3 is 34.1 Å². The zero-order valence-corrected chi connectivity index (χ0v) is 25.2. The topological polar surface area (TPSA) is 116 Å². The third-order valence-electron chi connectivity index (χ3n) is 9.89. The van der Waals surface area contributed by atoms with Crippen LogP contribution >= 0.6 is 0 Å². The van der Waals surface area contributed by atoms with Crippen LogP contribution < -0.4 is 19.5 Å². The molecule has 6 rings (SSSR count). The Kier molecular flexibility index (Phi) is 7.28. The van der Waals surface area contributed by atoms with Gasteiger partial charge in [-0.25, -0.2) is 9.59 Å². The molecule has 4 unspecified atom stereocenters. The van der Waals surface area contributed by atoms with Gasteiger partial charge in [-0.05, 0) is 81.1 Å². The highest BCUT2D eigenvalue weighted by Crippen LogP contribution is 2.65. The van der Waals surface area contributed by atoms with Gasteiger partial charge in [-0.2, -0.15) is 0 Å². The van der Waals surface area contributed by atoms with E-state index in [9.17, 15) is 14.7 Å². The van der Waals surface area contributed by atoms with Crippen LogP contribution in [0.15, 0.2) is 47.7 Å². The number of piperidine rings is 1. The van der Waals surface area contributed by atoms with E-state index >= 15 is 0 Å². The maximum absolute atomic E-state index is 13.3. The Morgan fingerprint density at radius 3 is 2.47 bits per heavy atom. The first-order chi connectivity index (χ1) is 20.7. The van der Waals surface area contributed by atoms with E-state index in [0.29, 0.717) is 34.8 Å². The summed E-state index contributed by atoms with van der Waals surface area (Å²) in [5.74, 6) is 0.719. The molecule has 0 amide bonds. The molecule has 3 aliphatic heterocycles. The standard InChI is InChI=1S/C33H38N2O8/c1-19(43-27(37)10-7-20-15-25(39-2)28(41-4)26(16-20)40-3)32-11-6-13-35-14-12-33(31(32)35)23-9-8-21(36)17-24(23)34-29(33)22(18-32)30(38)42-5/h7-10,15-17,19,31,34,36H,6,11-14,18H2,1-5H3. The molecule has 10 heteroatoms. The van der Waals surface area contributed by atoms with Crippen LogP contribution in [0.3, 0.4) is 0 Å². The quantitative estimate of drug-likeness (QED) is 0.338. The highest BCUT2D eigenvalue weighted by atomic mass is 16.5. The van der Waals surface area contributed by atoms with E-state index < -0.39 is 22.9 Å². The monoisotopic (exact) mass is 590 g/mol. The smallest absolute Gasteiger partial charge is 0.335 e. The molecule has 2 N–H and O–H groups in total. The largest absolute Gasteiger partial charge is 0.508 e. The highest BCUT2D eigenvalue weighted by Gasteiger charge is 2.68. The van der Waals surface area contributed by atoms with Crippen LogP contribution in [0.5, 0.6) is 23.0 Å². The number of carbonyl (C=O) groups excluding carboxylic acids is 2. The minimum Gasteiger partial charge on any atom is -0.508 e. The van der Waals surface area contributed by atoms with Crippen LogP contribution in [0, 0.1) is 5.41 Å². The normalized spacial score (nSPS) is 26.2. The number of benzene rings is 2. The van der Waals surface area contributed by atoms with Crippen molar-refractivity contribution in [3.8, 4) is 23.0 Å². The molecule has 4 atom stereocenters. The Labute approximate surface area is 251 Å². The average molecular weight is 591 g/mol. The number of ether oxygens (including phenoxy) is 5. The van der Waals surface area contributed by atoms with Crippen LogP contribution in [0.1, 0.15) is 43.7 Å². The van der Waals surface area contributed by atoms with Crippen molar-refractivity contribution in [2.75, 3.05) is 46.8 Å². The molecule has 2 saturated heterocycles. The number of esters is 2. The van der Waals surface area contributed by atoms with Gasteiger partial charge in [-0.1, -0.05) is 6.07 Å². The number of hydrogen-bond acceptors (Lipinski definition) is 10. The van der Waals surface area contributed by atoms with Crippen LogP contribution in [-0.2, 0) is 24.5 Å². The summed E-state index contributed by atoms with van der Waals surface area (Å²) < 4.78 is 27.8. The van der Waals surface area contributed by atoms with Crippen LogP contribution in [0.25, 0.3) is 6.08 Å². The maximum atomic E-state index is 13.3. The van der Waals surface area contributed by atoms with Crippen molar-refractivity contribution in [1.29, 1.82) is 0 Å². The summed E-state index contributed by atoms with van der Waals surface area (Å²) in [7, 11) is 6.01. The lowest BCUT2D eigenvalue weighted by molar-refractivity contribution is -0.158. The summed E-state index contributed by atoms with van der Waals surface area (Å²) in [5.41, 5.74) is 2.95. The Hall–Kier alpha value is -4.18. The molecule has 0 saturated carbocycles. The van der Waals surface area contributed by atoms with Gasteiger partial charge in [0.25, 0.3) is 0 Å². The molecular formula is C33H38N2O8. The van der Waals surface area contributed by atoms with E-state index in [-0.39, 0.29) is 17.8 Å². The number of nitrogens with one attached hydrogen (secondary N) is 1. The van der Waals surface area contributed by atoms with Gasteiger partial charge in [0.15, 0.2) is 11.5 Å². The van der Waals surface area contributed by atoms with Gasteiger partial charge in [0.2, 0.25) is 5.75 Å². The van der Waals surface area contributed by atoms with E-state index in [1.807, 2.05) is 13.0 Å². The Morgan fingerprint density at radius 2 is 1.79 bits per heavy atom. The molecule has 2 aromatic carbocycles. The van der Waals surface area contributed by atoms with Crippen molar-refractivity contribution >= 4 is 23.7 Å². The summed E-state index contributed by atoms with van der Waals surface area (Å²) in [4.78, 5) is 29.2. The lowest BCUT2D eigenvalue weighted by atomic mass is 9.53. The summed E-state index contributed by atoms with van der Waals surface area (Å²) in [6.45, 7) is 3.74. The minimum atomic E-state index is -0.529. The van der Waals surface area contributed by atoms with Gasteiger partial charge >= 0.3 is 11.9 Å². The molecule has 1 spiro atoms. The molecule has 0 aromatic heterocycles. The van der Waals surface area contributed by atoms with Gasteiger partial charge in [0.05, 0.1) is 39.4 Å². The maximum Gasteiger partial charge on any atom is 0.335 e. The molecule has 2 aromatic rings. The number of anilines is 1. The number of aromatic hydroxyl groups is 1. The van der Waals surface area contributed by atoms with Crippen LogP contribution in [-0.4, -0.2) is 75.6 Å². The third kappa shape index (κ3) is 4.33. The average Bonchev–Trinajstić information content (AvgIpc) is 3.57. The second kappa shape index (κ2) is 10.8. The predicted molar refractivity (Wildman–Crippen MR) is 159 cm³/mol. The number of methoxy groups -OCH3 is 4. The zero-order chi connectivity index (χ0) is 30.5. The molecule has 1 aliphatic carbocycles. The van der Waals surface area contributed by atoms with Crippen LogP contribution in [0.4, 0.5) is 5.69 Å². The van der Waals surface area contributed by atoms with Gasteiger partial charge in [0, 0.05) is 35.0 Å². The van der Waals surface area contributed by atoms with E-state index in [0.717, 1.165) is 49.3 Å². The molecule has 3 heterocycles. The molecular weight excluding hydrogens is 552 g/mol. The number of rotatable bonds is 8. The molecule has 228 valence electrons. The summed E-state index contributed by atoms with van der Waals surface area (Å²) in [6, 6.07) is 8.89. The van der Waals surface area contributed by atoms with Gasteiger partial charge in [-0.3, -0.25) is 4.90 Å². The molecule has 10 nitrogen and oxygen atoms in total. The molecule has 43 heavy (non-hydrogen) atoms. The first-order valence-corrected chi connectivity index (χ1v) is 14.6.